The highest BCUT2D eigenvalue weighted by Crippen LogP contribution is 2.28. The van der Waals surface area contributed by atoms with E-state index >= 15 is 0 Å². The number of aldehydes is 1. The lowest BCUT2D eigenvalue weighted by atomic mass is 10.2. The molecule has 17 heavy (non-hydrogen) atoms. The highest BCUT2D eigenvalue weighted by molar-refractivity contribution is 14.1. The highest BCUT2D eigenvalue weighted by atomic mass is 127. The number of benzene rings is 1. The summed E-state index contributed by atoms with van der Waals surface area (Å²) in [5.74, 6) is 0. The Hall–Kier alpha value is -0.820. The molecule has 0 aliphatic carbocycles. The van der Waals surface area contributed by atoms with Crippen molar-refractivity contribution in [3.8, 4) is 0 Å². The van der Waals surface area contributed by atoms with E-state index in [4.69, 9.17) is 0 Å². The normalized spacial score (nSPS) is 10.6. The van der Waals surface area contributed by atoms with Crippen molar-refractivity contribution in [2.75, 3.05) is 22.9 Å². The lowest BCUT2D eigenvalue weighted by Crippen LogP contribution is -2.19. The van der Waals surface area contributed by atoms with Gasteiger partial charge in [0.25, 0.3) is 0 Å². The van der Waals surface area contributed by atoms with Gasteiger partial charge in [-0.25, -0.2) is 0 Å². The monoisotopic (exact) mass is 361 g/mol. The zero-order valence-electron chi connectivity index (χ0n) is 9.35. The quantitative estimate of drug-likeness (QED) is 0.465. The molecule has 0 unspecified atom stereocenters. The molecule has 3 nitrogen and oxygen atoms in total. The summed E-state index contributed by atoms with van der Waals surface area (Å²) in [5.41, 5.74) is 1.11. The van der Waals surface area contributed by atoms with Crippen molar-refractivity contribution in [3.63, 3.8) is 0 Å². The fourth-order valence-corrected chi connectivity index (χ4v) is 3.46. The predicted molar refractivity (Wildman–Crippen MR) is 80.1 cm³/mol. The molecule has 0 aliphatic heterocycles. The van der Waals surface area contributed by atoms with E-state index < -0.39 is 21.2 Å². The first-order chi connectivity index (χ1) is 8.24. The highest BCUT2D eigenvalue weighted by Gasteiger charge is 2.05. The Bertz CT molecular complexity index is 552. The van der Waals surface area contributed by atoms with Crippen molar-refractivity contribution in [2.24, 2.45) is 0 Å². The summed E-state index contributed by atoms with van der Waals surface area (Å²) in [5, 5.41) is 1.10. The average Bonchev–Trinajstić information content (AvgIpc) is 2.77. The molecule has 2 aromatic rings. The minimum absolute atomic E-state index is 0.755. The number of halogens is 1. The summed E-state index contributed by atoms with van der Waals surface area (Å²) in [6, 6.07) is 8.04. The average molecular weight is 361 g/mol. The third-order valence-electron chi connectivity index (χ3n) is 2.58. The van der Waals surface area contributed by atoms with Crippen LogP contribution in [0.1, 0.15) is 9.67 Å². The van der Waals surface area contributed by atoms with Crippen molar-refractivity contribution < 1.29 is 7.86 Å². The van der Waals surface area contributed by atoms with Crippen LogP contribution in [0.3, 0.4) is 0 Å². The largest absolute Gasteiger partial charge is 0.374 e. The summed E-state index contributed by atoms with van der Waals surface area (Å²) < 4.78 is 12.4. The van der Waals surface area contributed by atoms with Crippen LogP contribution in [0, 0.1) is 0 Å². The van der Waals surface area contributed by atoms with Crippen molar-refractivity contribution in [1.29, 1.82) is 0 Å². The first-order valence-corrected chi connectivity index (χ1v) is 8.38. The van der Waals surface area contributed by atoms with Gasteiger partial charge >= 0.3 is 0 Å². The van der Waals surface area contributed by atoms with Crippen LogP contribution in [-0.2, 0) is 3.07 Å². The Kier molecular flexibility index (Phi) is 4.22. The number of carbonyl (C=O) groups excluding carboxylic acids is 1. The van der Waals surface area contributed by atoms with Crippen LogP contribution in [0.15, 0.2) is 24.3 Å². The maximum atomic E-state index is 10.7. The van der Waals surface area contributed by atoms with Crippen molar-refractivity contribution in [3.05, 3.63) is 29.1 Å². The molecule has 0 fully saturated rings. The zero-order chi connectivity index (χ0) is 12.3. The van der Waals surface area contributed by atoms with Crippen molar-refractivity contribution in [1.82, 2.24) is 0 Å². The Morgan fingerprint density at radius 3 is 2.94 bits per heavy atom. The number of rotatable bonds is 5. The van der Waals surface area contributed by atoms with Crippen LogP contribution >= 0.6 is 32.5 Å². The van der Waals surface area contributed by atoms with Gasteiger partial charge in [-0.2, -0.15) is 0 Å². The van der Waals surface area contributed by atoms with E-state index in [1.165, 1.54) is 11.3 Å². The number of carbonyl (C=O) groups is 1. The summed E-state index contributed by atoms with van der Waals surface area (Å²) >= 11 is 0.616. The molecule has 0 amide bonds. The van der Waals surface area contributed by atoms with Crippen molar-refractivity contribution in [2.45, 2.75) is 0 Å². The topological polar surface area (TPSA) is 37.4 Å². The van der Waals surface area contributed by atoms with Gasteiger partial charge in [0.15, 0.2) is 6.29 Å². The molecule has 0 bridgehead atoms. The lowest BCUT2D eigenvalue weighted by molar-refractivity contribution is 0.112. The van der Waals surface area contributed by atoms with Gasteiger partial charge in [0.2, 0.25) is 0 Å². The Morgan fingerprint density at radius 1 is 1.41 bits per heavy atom. The molecule has 1 heterocycles. The molecule has 0 atom stereocenters. The second-order valence-corrected chi connectivity index (χ2v) is 6.53. The molecule has 0 N–H and O–H groups in total. The smallest absolute Gasteiger partial charge is 0.160 e. The van der Waals surface area contributed by atoms with Gasteiger partial charge in [-0.15, -0.1) is 11.3 Å². The van der Waals surface area contributed by atoms with Crippen LogP contribution in [0.5, 0.6) is 0 Å². The number of nitrogens with zero attached hydrogens (tertiary/aromatic N) is 1. The van der Waals surface area contributed by atoms with E-state index in [2.05, 4.69) is 11.0 Å². The first kappa shape index (κ1) is 12.6. The van der Waals surface area contributed by atoms with E-state index in [1.54, 1.807) is 0 Å². The number of anilines is 1. The fraction of sp³-hybridized carbons (Fsp3) is 0.250. The first-order valence-electron chi connectivity index (χ1n) is 5.16. The Morgan fingerprint density at radius 2 is 2.24 bits per heavy atom. The fourth-order valence-electron chi connectivity index (χ4n) is 1.63. The summed E-state index contributed by atoms with van der Waals surface area (Å²) in [7, 11) is 1.99. The van der Waals surface area contributed by atoms with E-state index in [9.17, 15) is 7.86 Å². The SMILES string of the molecule is CN(CCI=O)c1ccc2cc(C=O)sc2c1. The maximum absolute atomic E-state index is 10.7. The molecule has 0 radical (unpaired) electrons. The molecule has 1 aromatic carbocycles. The zero-order valence-corrected chi connectivity index (χ0v) is 12.3. The molecule has 0 spiro atoms. The van der Waals surface area contributed by atoms with E-state index in [1.807, 2.05) is 25.2 Å². The molecule has 0 saturated carbocycles. The minimum Gasteiger partial charge on any atom is -0.374 e. The van der Waals surface area contributed by atoms with E-state index in [-0.39, 0.29) is 0 Å². The van der Waals surface area contributed by atoms with Crippen molar-refractivity contribution >= 4 is 54.6 Å². The molecule has 1 aromatic heterocycles. The van der Waals surface area contributed by atoms with Crippen LogP contribution in [0.25, 0.3) is 10.1 Å². The molecule has 0 aliphatic rings. The molecule has 0 saturated heterocycles. The molecular weight excluding hydrogens is 349 g/mol. The Balaban J connectivity index is 2.29. The van der Waals surface area contributed by atoms with Gasteiger partial charge in [0.05, 0.1) is 4.88 Å². The molecule has 90 valence electrons. The van der Waals surface area contributed by atoms with Crippen LogP contribution in [-0.4, -0.2) is 24.3 Å². The summed E-state index contributed by atoms with van der Waals surface area (Å²) in [6.45, 7) is 0.814. The predicted octanol–water partition coefficient (Wildman–Crippen LogP) is 3.47. The standard InChI is InChI=1S/C12H12INO2S/c1-14(5-4-13-16)10-3-2-9-6-11(8-15)17-12(9)7-10/h2-3,6-8H,4-5H2,1H3. The van der Waals surface area contributed by atoms with Gasteiger partial charge in [-0.1, -0.05) is 6.07 Å². The number of hydrogen-bond acceptors (Lipinski definition) is 4. The maximum Gasteiger partial charge on any atom is 0.160 e. The second kappa shape index (κ2) is 5.68. The minimum atomic E-state index is -0.887. The van der Waals surface area contributed by atoms with Crippen LogP contribution in [0.2, 0.25) is 0 Å². The number of thiophene rings is 1. The molecular formula is C12H12INO2S. The van der Waals surface area contributed by atoms with Crippen LogP contribution < -0.4 is 4.90 Å². The van der Waals surface area contributed by atoms with Gasteiger partial charge in [0, 0.05) is 28.4 Å². The number of hydrogen-bond donors (Lipinski definition) is 0. The van der Waals surface area contributed by atoms with Gasteiger partial charge in [-0.3, -0.25) is 7.86 Å². The van der Waals surface area contributed by atoms with E-state index in [0.717, 1.165) is 37.9 Å². The third-order valence-corrected chi connectivity index (χ3v) is 4.52. The van der Waals surface area contributed by atoms with Gasteiger partial charge in [-0.05, 0) is 23.6 Å². The second-order valence-electron chi connectivity index (χ2n) is 3.71. The third kappa shape index (κ3) is 2.90. The van der Waals surface area contributed by atoms with Crippen LogP contribution in [0.4, 0.5) is 5.69 Å². The molecule has 2 rings (SSSR count). The Labute approximate surface area is 114 Å². The van der Waals surface area contributed by atoms with Gasteiger partial charge in [0.1, 0.15) is 21.2 Å². The van der Waals surface area contributed by atoms with Gasteiger partial charge < -0.3 is 4.90 Å². The summed E-state index contributed by atoms with van der Waals surface area (Å²) in [4.78, 5) is 13.6. The molecule has 5 heteroatoms. The lowest BCUT2D eigenvalue weighted by Gasteiger charge is -2.17. The number of alkyl halides is 1. The van der Waals surface area contributed by atoms with E-state index in [0.29, 0.717) is 0 Å². The number of fused-ring (bicyclic) bond motifs is 1. The summed E-state index contributed by atoms with van der Waals surface area (Å²) in [6.07, 6.45) is 0.885.